The summed E-state index contributed by atoms with van der Waals surface area (Å²) in [5, 5.41) is 11.0. The van der Waals surface area contributed by atoms with Crippen LogP contribution in [-0.2, 0) is 17.8 Å². The quantitative estimate of drug-likeness (QED) is 0.720. The molecule has 0 unspecified atom stereocenters. The topological polar surface area (TPSA) is 52.0 Å². The van der Waals surface area contributed by atoms with Gasteiger partial charge in [-0.25, -0.2) is 4.68 Å². The van der Waals surface area contributed by atoms with Crippen LogP contribution in [0.3, 0.4) is 0 Å². The first kappa shape index (κ1) is 11.1. The van der Waals surface area contributed by atoms with Crippen LogP contribution in [0.25, 0.3) is 0 Å². The minimum absolute atomic E-state index is 0.273. The van der Waals surface area contributed by atoms with Crippen molar-refractivity contribution in [1.29, 1.82) is 0 Å². The lowest BCUT2D eigenvalue weighted by molar-refractivity contribution is 0.0707. The first-order chi connectivity index (χ1) is 6.72. The lowest BCUT2D eigenvalue weighted by Crippen LogP contribution is -2.11. The van der Waals surface area contributed by atoms with Crippen molar-refractivity contribution < 1.29 is 4.74 Å². The summed E-state index contributed by atoms with van der Waals surface area (Å²) in [4.78, 5) is 0. The Balaban J connectivity index is 2.28. The highest BCUT2D eigenvalue weighted by Gasteiger charge is 1.99. The third-order valence-electron chi connectivity index (χ3n) is 1.72. The van der Waals surface area contributed by atoms with Crippen LogP contribution in [-0.4, -0.2) is 34.8 Å². The number of aromatic nitrogens is 3. The lowest BCUT2D eigenvalue weighted by Gasteiger charge is -2.06. The molecule has 0 aliphatic heterocycles. The Hall–Kier alpha value is -0.940. The van der Waals surface area contributed by atoms with E-state index in [9.17, 15) is 0 Å². The van der Waals surface area contributed by atoms with Crippen molar-refractivity contribution in [2.45, 2.75) is 33.0 Å². The molecule has 1 N–H and O–H groups in total. The Labute approximate surface area is 84.4 Å². The van der Waals surface area contributed by atoms with Crippen LogP contribution >= 0.6 is 0 Å². The van der Waals surface area contributed by atoms with Crippen molar-refractivity contribution in [1.82, 2.24) is 20.3 Å². The molecule has 0 spiro atoms. The fourth-order valence-electron chi connectivity index (χ4n) is 1.09. The summed E-state index contributed by atoms with van der Waals surface area (Å²) in [6.45, 7) is 6.24. The zero-order valence-electron chi connectivity index (χ0n) is 9.03. The second-order valence-corrected chi connectivity index (χ2v) is 3.42. The average molecular weight is 198 g/mol. The molecular formula is C9H18N4O. The molecule has 0 amide bonds. The molecule has 1 rings (SSSR count). The van der Waals surface area contributed by atoms with Gasteiger partial charge < -0.3 is 10.1 Å². The zero-order valence-corrected chi connectivity index (χ0v) is 9.03. The van der Waals surface area contributed by atoms with E-state index in [1.165, 1.54) is 0 Å². The van der Waals surface area contributed by atoms with Gasteiger partial charge >= 0.3 is 0 Å². The van der Waals surface area contributed by atoms with Gasteiger partial charge in [-0.1, -0.05) is 5.21 Å². The van der Waals surface area contributed by atoms with E-state index in [1.54, 1.807) is 4.68 Å². The summed E-state index contributed by atoms with van der Waals surface area (Å²) >= 11 is 0. The van der Waals surface area contributed by atoms with Crippen LogP contribution < -0.4 is 5.32 Å². The van der Waals surface area contributed by atoms with Gasteiger partial charge in [-0.15, -0.1) is 5.10 Å². The third kappa shape index (κ3) is 3.85. The van der Waals surface area contributed by atoms with Crippen LogP contribution in [0.1, 0.15) is 19.5 Å². The normalized spacial score (nSPS) is 11.1. The summed E-state index contributed by atoms with van der Waals surface area (Å²) in [6, 6.07) is 0. The summed E-state index contributed by atoms with van der Waals surface area (Å²) < 4.78 is 7.21. The van der Waals surface area contributed by atoms with Crippen LogP contribution in [0.2, 0.25) is 0 Å². The highest BCUT2D eigenvalue weighted by molar-refractivity contribution is 4.90. The van der Waals surface area contributed by atoms with E-state index in [0.717, 1.165) is 18.8 Å². The minimum Gasteiger partial charge on any atom is -0.377 e. The van der Waals surface area contributed by atoms with E-state index in [2.05, 4.69) is 15.6 Å². The molecule has 0 bridgehead atoms. The molecule has 1 aromatic rings. The van der Waals surface area contributed by atoms with Gasteiger partial charge in [0.15, 0.2) is 0 Å². The van der Waals surface area contributed by atoms with Gasteiger partial charge in [0, 0.05) is 12.7 Å². The Kier molecular flexibility index (Phi) is 4.55. The lowest BCUT2D eigenvalue weighted by atomic mass is 10.5. The standard InChI is InChI=1S/C9H18N4O/c1-8(2)14-5-4-13-7-9(6-10-3)11-12-13/h7-8,10H,4-6H2,1-3H3. The van der Waals surface area contributed by atoms with Crippen molar-refractivity contribution >= 4 is 0 Å². The predicted molar refractivity (Wildman–Crippen MR) is 53.9 cm³/mol. The van der Waals surface area contributed by atoms with Crippen LogP contribution in [0.15, 0.2) is 6.20 Å². The molecular weight excluding hydrogens is 180 g/mol. The molecule has 80 valence electrons. The number of hydrogen-bond donors (Lipinski definition) is 1. The predicted octanol–water partition coefficient (Wildman–Crippen LogP) is 0.422. The fraction of sp³-hybridized carbons (Fsp3) is 0.778. The molecule has 1 aromatic heterocycles. The van der Waals surface area contributed by atoms with Crippen LogP contribution in [0, 0.1) is 0 Å². The van der Waals surface area contributed by atoms with Gasteiger partial charge in [-0.3, -0.25) is 0 Å². The van der Waals surface area contributed by atoms with Gasteiger partial charge in [0.1, 0.15) is 0 Å². The number of hydrogen-bond acceptors (Lipinski definition) is 4. The molecule has 5 nitrogen and oxygen atoms in total. The molecule has 0 saturated carbocycles. The smallest absolute Gasteiger partial charge is 0.0964 e. The van der Waals surface area contributed by atoms with Gasteiger partial charge in [0.25, 0.3) is 0 Å². The molecule has 1 heterocycles. The van der Waals surface area contributed by atoms with Crippen molar-refractivity contribution in [2.24, 2.45) is 0 Å². The maximum absolute atomic E-state index is 5.41. The number of nitrogens with one attached hydrogen (secondary N) is 1. The number of nitrogens with zero attached hydrogens (tertiary/aromatic N) is 3. The fourth-order valence-corrected chi connectivity index (χ4v) is 1.09. The highest BCUT2D eigenvalue weighted by atomic mass is 16.5. The molecule has 0 aliphatic carbocycles. The van der Waals surface area contributed by atoms with Gasteiger partial charge in [0.2, 0.25) is 0 Å². The Bertz CT molecular complexity index is 259. The van der Waals surface area contributed by atoms with Crippen molar-refractivity contribution in [2.75, 3.05) is 13.7 Å². The van der Waals surface area contributed by atoms with Gasteiger partial charge in [0.05, 0.1) is 24.9 Å². The molecule has 5 heteroatoms. The van der Waals surface area contributed by atoms with Crippen molar-refractivity contribution in [3.8, 4) is 0 Å². The minimum atomic E-state index is 0.273. The molecule has 0 aromatic carbocycles. The van der Waals surface area contributed by atoms with Gasteiger partial charge in [-0.05, 0) is 20.9 Å². The molecule has 0 saturated heterocycles. The average Bonchev–Trinajstić information content (AvgIpc) is 2.53. The second-order valence-electron chi connectivity index (χ2n) is 3.42. The Morgan fingerprint density at radius 1 is 1.57 bits per heavy atom. The molecule has 14 heavy (non-hydrogen) atoms. The van der Waals surface area contributed by atoms with Gasteiger partial charge in [-0.2, -0.15) is 0 Å². The monoisotopic (exact) mass is 198 g/mol. The summed E-state index contributed by atoms with van der Waals surface area (Å²) in [6.07, 6.45) is 2.20. The summed E-state index contributed by atoms with van der Waals surface area (Å²) in [5.41, 5.74) is 0.956. The first-order valence-electron chi connectivity index (χ1n) is 4.87. The van der Waals surface area contributed by atoms with E-state index in [4.69, 9.17) is 4.74 Å². The van der Waals surface area contributed by atoms with E-state index < -0.39 is 0 Å². The number of ether oxygens (including phenoxy) is 1. The third-order valence-corrected chi connectivity index (χ3v) is 1.72. The maximum atomic E-state index is 5.41. The van der Waals surface area contributed by atoms with Crippen molar-refractivity contribution in [3.63, 3.8) is 0 Å². The number of rotatable bonds is 6. The maximum Gasteiger partial charge on any atom is 0.0964 e. The molecule has 0 fully saturated rings. The van der Waals surface area contributed by atoms with Crippen molar-refractivity contribution in [3.05, 3.63) is 11.9 Å². The Morgan fingerprint density at radius 3 is 3.00 bits per heavy atom. The molecule has 0 radical (unpaired) electrons. The Morgan fingerprint density at radius 2 is 2.36 bits per heavy atom. The summed E-state index contributed by atoms with van der Waals surface area (Å²) in [5.74, 6) is 0. The zero-order chi connectivity index (χ0) is 10.4. The molecule has 0 aliphatic rings. The van der Waals surface area contributed by atoms with E-state index in [0.29, 0.717) is 6.61 Å². The van der Waals surface area contributed by atoms with Crippen LogP contribution in [0.4, 0.5) is 0 Å². The largest absolute Gasteiger partial charge is 0.377 e. The first-order valence-corrected chi connectivity index (χ1v) is 4.87. The summed E-state index contributed by atoms with van der Waals surface area (Å²) in [7, 11) is 1.89. The molecule has 0 atom stereocenters. The van der Waals surface area contributed by atoms with Crippen LogP contribution in [0.5, 0.6) is 0 Å². The SMILES string of the molecule is CNCc1cn(CCOC(C)C)nn1. The highest BCUT2D eigenvalue weighted by Crippen LogP contribution is 1.93. The van der Waals surface area contributed by atoms with E-state index >= 15 is 0 Å². The second kappa shape index (κ2) is 5.72. The van der Waals surface area contributed by atoms with E-state index in [-0.39, 0.29) is 6.10 Å². The van der Waals surface area contributed by atoms with E-state index in [1.807, 2.05) is 27.1 Å².